The molecule has 105 heavy (non-hydrogen) atoms. The third-order valence-electron chi connectivity index (χ3n) is 25.8. The van der Waals surface area contributed by atoms with E-state index < -0.39 is 0 Å². The molecule has 11 aromatic carbocycles. The summed E-state index contributed by atoms with van der Waals surface area (Å²) in [5.74, 6) is 0. The fourth-order valence-corrected chi connectivity index (χ4v) is 18.6. The Bertz CT molecular complexity index is 4840. The second kappa shape index (κ2) is 22.4. The lowest BCUT2D eigenvalue weighted by Crippen LogP contribution is -2.12. The zero-order valence-electron chi connectivity index (χ0n) is 70.1. The van der Waals surface area contributed by atoms with Crippen LogP contribution in [0.2, 0.25) is 0 Å². The minimum Gasteiger partial charge on any atom is -0.0561 e. The largest absolute Gasteiger partial charge is 0.0561 e. The molecule has 5 aliphatic carbocycles. The van der Waals surface area contributed by atoms with Gasteiger partial charge in [0.15, 0.2) is 0 Å². The van der Waals surface area contributed by atoms with Crippen LogP contribution >= 0.6 is 0 Å². The minimum atomic E-state index is -0.119. The molecule has 540 valence electrons. The van der Waals surface area contributed by atoms with Crippen LogP contribution in [0.25, 0.3) is 108 Å². The van der Waals surface area contributed by atoms with Crippen LogP contribution in [0.1, 0.15) is 319 Å². The summed E-state index contributed by atoms with van der Waals surface area (Å²) in [4.78, 5) is 0. The van der Waals surface area contributed by atoms with Crippen molar-refractivity contribution in [3.63, 3.8) is 0 Å². The Labute approximate surface area is 630 Å². The lowest BCUT2D eigenvalue weighted by atomic mass is 9.81. The first kappa shape index (κ1) is 71.5. The van der Waals surface area contributed by atoms with E-state index in [1.165, 1.54) is 219 Å². The van der Waals surface area contributed by atoms with Crippen molar-refractivity contribution in [1.82, 2.24) is 0 Å². The van der Waals surface area contributed by atoms with Crippen LogP contribution in [0.3, 0.4) is 0 Å². The van der Waals surface area contributed by atoms with Gasteiger partial charge in [-0.25, -0.2) is 0 Å². The molecule has 0 aromatic heterocycles. The molecule has 0 spiro atoms. The van der Waals surface area contributed by atoms with Gasteiger partial charge in [0.1, 0.15) is 0 Å². The lowest BCUT2D eigenvalue weighted by molar-refractivity contribution is 0.590. The second-order valence-electron chi connectivity index (χ2n) is 43.9. The van der Waals surface area contributed by atoms with Gasteiger partial charge in [0.05, 0.1) is 0 Å². The van der Waals surface area contributed by atoms with Crippen LogP contribution in [0.4, 0.5) is 0 Å². The van der Waals surface area contributed by atoms with Crippen LogP contribution in [0.15, 0.2) is 121 Å². The molecule has 5 aliphatic rings. The van der Waals surface area contributed by atoms with Crippen molar-refractivity contribution < 1.29 is 0 Å². The zero-order chi connectivity index (χ0) is 75.8. The van der Waals surface area contributed by atoms with Gasteiger partial charge in [-0.3, -0.25) is 0 Å². The molecule has 0 N–H and O–H groups in total. The average Bonchev–Trinajstić information content (AvgIpc) is 1.57. The van der Waals surface area contributed by atoms with E-state index in [4.69, 9.17) is 0 Å². The summed E-state index contributed by atoms with van der Waals surface area (Å²) in [5.41, 5.74) is 27.5. The highest BCUT2D eigenvalue weighted by atomic mass is 14.4. The SMILES string of the molecule is CC(C)(C)c1cc2c3c(c1)c1cc(C(C)(C)C)cc4c1Cc1c4cc(C(C)(C)C)cc1c1cc(C(C)(C)C)cc4c1Cc1c4cc(C(C)(C)C)cc1c1cc(C(C)(C)C)cc4c1Cc1c4cc(C(C)(C)C)cc1c1cc(C(C)(C)C)cc4c1Cc1c4cc(C(C)(C)C)cc1c1cc(C(C)(C)C)cc2c1C3. The fourth-order valence-electron chi connectivity index (χ4n) is 18.6. The second-order valence-corrected chi connectivity index (χ2v) is 43.9. The van der Waals surface area contributed by atoms with Gasteiger partial charge >= 0.3 is 0 Å². The Morgan fingerprint density at radius 2 is 0.171 bits per heavy atom. The maximum absolute atomic E-state index is 2.67. The summed E-state index contributed by atoms with van der Waals surface area (Å²) in [6.45, 7) is 73.4. The molecule has 0 heteroatoms. The van der Waals surface area contributed by atoms with Crippen molar-refractivity contribution in [1.29, 1.82) is 0 Å². The summed E-state index contributed by atoms with van der Waals surface area (Å²) in [6.07, 6.45) is 4.32. The van der Waals surface area contributed by atoms with E-state index >= 15 is 0 Å². The van der Waals surface area contributed by atoms with Crippen molar-refractivity contribution in [2.24, 2.45) is 0 Å². The number of hydrogen-bond donors (Lipinski definition) is 0. The molecule has 0 amide bonds. The number of rotatable bonds is 0. The summed E-state index contributed by atoms with van der Waals surface area (Å²) >= 11 is 0. The zero-order valence-corrected chi connectivity index (χ0v) is 70.1. The number of benzene rings is 10. The molecule has 11 aromatic rings. The molecular weight excluding hydrogens is 1260 g/mol. The van der Waals surface area contributed by atoms with E-state index in [1.807, 2.05) is 0 Å². The van der Waals surface area contributed by atoms with Gasteiger partial charge in [0, 0.05) is 0 Å². The molecular formula is C105H120. The van der Waals surface area contributed by atoms with E-state index in [-0.39, 0.29) is 54.1 Å². The smallest absolute Gasteiger partial charge is 0.000111 e. The Balaban J connectivity index is 1.19. The van der Waals surface area contributed by atoms with Gasteiger partial charge in [0.25, 0.3) is 0 Å². The number of hydrogen-bond acceptors (Lipinski definition) is 0. The maximum Gasteiger partial charge on any atom is -0.000111 e. The third kappa shape index (κ3) is 11.5. The van der Waals surface area contributed by atoms with Crippen LogP contribution in [0.5, 0.6) is 0 Å². The average molecular weight is 1380 g/mol. The monoisotopic (exact) mass is 1380 g/mol. The van der Waals surface area contributed by atoms with Gasteiger partial charge in [0.2, 0.25) is 0 Å². The maximum atomic E-state index is 2.67. The van der Waals surface area contributed by atoms with Crippen molar-refractivity contribution in [2.75, 3.05) is 0 Å². The third-order valence-corrected chi connectivity index (χ3v) is 25.8. The summed E-state index contributed by atoms with van der Waals surface area (Å²) in [6, 6.07) is 53.2. The predicted octanol–water partition coefficient (Wildman–Crippen LogP) is 29.7. The molecule has 30 bridgehead atoms. The van der Waals surface area contributed by atoms with Gasteiger partial charge in [-0.1, -0.05) is 329 Å². The first-order chi connectivity index (χ1) is 48.3. The number of fused-ring (bicyclic) bond motifs is 5. The first-order valence-corrected chi connectivity index (χ1v) is 40.1. The van der Waals surface area contributed by atoms with Crippen LogP contribution in [-0.2, 0) is 86.3 Å². The molecule has 16 rings (SSSR count). The highest BCUT2D eigenvalue weighted by Crippen LogP contribution is 2.54. The van der Waals surface area contributed by atoms with Crippen molar-refractivity contribution >= 4 is 108 Å². The van der Waals surface area contributed by atoms with Crippen molar-refractivity contribution in [2.45, 2.75) is 294 Å². The van der Waals surface area contributed by atoms with Gasteiger partial charge in [-0.2, -0.15) is 0 Å². The van der Waals surface area contributed by atoms with Crippen LogP contribution in [-0.4, -0.2) is 0 Å². The van der Waals surface area contributed by atoms with Gasteiger partial charge < -0.3 is 0 Å². The van der Waals surface area contributed by atoms with E-state index in [1.54, 1.807) is 0 Å². The molecule has 0 radical (unpaired) electrons. The summed E-state index contributed by atoms with van der Waals surface area (Å²) in [7, 11) is 0. The lowest BCUT2D eigenvalue weighted by Gasteiger charge is -2.23. The van der Waals surface area contributed by atoms with Crippen LogP contribution in [0, 0.1) is 0 Å². The predicted molar refractivity (Wildman–Crippen MR) is 464 cm³/mol. The molecule has 0 atom stereocenters. The van der Waals surface area contributed by atoms with Crippen molar-refractivity contribution in [3.05, 3.63) is 233 Å². The Morgan fingerprint density at radius 3 is 0.219 bits per heavy atom. The van der Waals surface area contributed by atoms with Gasteiger partial charge in [-0.05, 0) is 305 Å². The Kier molecular flexibility index (Phi) is 15.3. The highest BCUT2D eigenvalue weighted by molar-refractivity contribution is 6.17. The van der Waals surface area contributed by atoms with Crippen molar-refractivity contribution in [3.8, 4) is 0 Å². The Morgan fingerprint density at radius 1 is 0.114 bits per heavy atom. The molecule has 0 aliphatic heterocycles. The Hall–Kier alpha value is -7.80. The molecule has 0 heterocycles. The van der Waals surface area contributed by atoms with E-state index in [0.717, 1.165) is 32.1 Å². The van der Waals surface area contributed by atoms with E-state index in [9.17, 15) is 0 Å². The molecule has 0 saturated carbocycles. The quantitative estimate of drug-likeness (QED) is 0.142. The molecule has 0 saturated heterocycles. The summed E-state index contributed by atoms with van der Waals surface area (Å²) in [5, 5.41) is 28.3. The van der Waals surface area contributed by atoms with E-state index in [2.05, 4.69) is 329 Å². The topological polar surface area (TPSA) is 0 Å². The highest BCUT2D eigenvalue weighted by Gasteiger charge is 2.36. The molecule has 0 nitrogen and oxygen atoms in total. The normalized spacial score (nSPS) is 15.0. The van der Waals surface area contributed by atoms with Crippen LogP contribution < -0.4 is 0 Å². The standard InChI is InChI=1S/C105H120/c1-96(2,3)56-31-66-67-32-57(97(4,5)6)43-78-79-44-60(100(13,14)15)35-70-71-36-62(102(19,20)21)47-82(91(71)53-90(70)79)83-48-64(104(25,26)27)39-74-75-40-65(105(28,29)30)50-85(95(75)55-94(74)83)84-49-63(103(22,23)24)38-73-72-37-61(101(16,17)18)46-81(92(72)54-93(73)84)80-45-59(99(10,11)12)34-69-68-33-58(98(7,8)9)42-77(88(68)52-89(69)80)76(41-56)86(66)51-87(67)78/h31-50H,51-55H2,1-30H3. The molecule has 0 unspecified atom stereocenters. The van der Waals surface area contributed by atoms with Gasteiger partial charge in [-0.15, -0.1) is 0 Å². The first-order valence-electron chi connectivity index (χ1n) is 40.1. The minimum absolute atomic E-state index is 0.119. The molecule has 0 fully saturated rings. The summed E-state index contributed by atoms with van der Waals surface area (Å²) < 4.78 is 0. The van der Waals surface area contributed by atoms with E-state index in [0.29, 0.717) is 0 Å². The fraction of sp³-hybridized carbons (Fsp3) is 0.429.